The minimum Gasteiger partial charge on any atom is -0.493 e. The van der Waals surface area contributed by atoms with Crippen molar-refractivity contribution in [3.63, 3.8) is 0 Å². The third-order valence-corrected chi connectivity index (χ3v) is 4.48. The van der Waals surface area contributed by atoms with Gasteiger partial charge in [-0.05, 0) is 17.7 Å². The van der Waals surface area contributed by atoms with E-state index in [1.165, 1.54) is 31.3 Å². The number of anilines is 2. The zero-order chi connectivity index (χ0) is 20.5. The van der Waals surface area contributed by atoms with E-state index in [4.69, 9.17) is 25.4 Å². The van der Waals surface area contributed by atoms with Crippen LogP contribution in [0.4, 0.5) is 11.8 Å². The molecule has 0 atom stereocenters. The Balaban J connectivity index is 1.88. The van der Waals surface area contributed by atoms with Crippen molar-refractivity contribution in [2.75, 3.05) is 25.7 Å². The normalized spacial score (nSPS) is 11.0. The second-order valence-corrected chi connectivity index (χ2v) is 6.22. The van der Waals surface area contributed by atoms with E-state index in [1.807, 2.05) is 0 Å². The lowest BCUT2D eigenvalue weighted by Gasteiger charge is -2.12. The summed E-state index contributed by atoms with van der Waals surface area (Å²) in [6.45, 7) is 0. The fourth-order valence-electron chi connectivity index (χ4n) is 3.09. The monoisotopic (exact) mass is 394 g/mol. The number of hydrogen-bond acceptors (Lipinski definition) is 9. The highest BCUT2D eigenvalue weighted by Crippen LogP contribution is 2.40. The second kappa shape index (κ2) is 7.15. The van der Waals surface area contributed by atoms with Gasteiger partial charge in [-0.15, -0.1) is 0 Å². The number of imidazole rings is 1. The number of aromatic nitrogens is 4. The molecule has 4 rings (SSSR count). The topological polar surface area (TPSA) is 144 Å². The zero-order valence-electron chi connectivity index (χ0n) is 15.7. The Kier molecular flexibility index (Phi) is 4.51. The lowest BCUT2D eigenvalue weighted by Crippen LogP contribution is -2.08. The van der Waals surface area contributed by atoms with Crippen LogP contribution in [-0.2, 0) is 6.42 Å². The predicted octanol–water partition coefficient (Wildman–Crippen LogP) is 1.88. The molecule has 0 saturated carbocycles. The molecule has 4 aromatic rings. The number of carbonyl (C=O) groups is 1. The molecule has 0 spiro atoms. The molecule has 0 amide bonds. The number of benzene rings is 1. The number of furan rings is 1. The first-order chi connectivity index (χ1) is 14.0. The molecule has 0 aliphatic rings. The second-order valence-electron chi connectivity index (χ2n) is 6.22. The summed E-state index contributed by atoms with van der Waals surface area (Å²) in [6, 6.07) is 3.46. The average Bonchev–Trinajstić information content (AvgIpc) is 3.39. The van der Waals surface area contributed by atoms with Crippen molar-refractivity contribution < 1.29 is 18.7 Å². The number of rotatable bonds is 5. The van der Waals surface area contributed by atoms with E-state index < -0.39 is 0 Å². The maximum Gasteiger partial charge on any atom is 0.298 e. The van der Waals surface area contributed by atoms with Crippen LogP contribution in [0.5, 0.6) is 11.5 Å². The van der Waals surface area contributed by atoms with E-state index in [0.717, 1.165) is 5.56 Å². The van der Waals surface area contributed by atoms with Gasteiger partial charge in [0.1, 0.15) is 12.1 Å². The molecule has 0 aliphatic carbocycles. The quantitative estimate of drug-likeness (QED) is 0.518. The van der Waals surface area contributed by atoms with Crippen LogP contribution in [0.3, 0.4) is 0 Å². The van der Waals surface area contributed by atoms with E-state index in [2.05, 4.69) is 15.0 Å². The van der Waals surface area contributed by atoms with Crippen LogP contribution in [0, 0.1) is 0 Å². The summed E-state index contributed by atoms with van der Waals surface area (Å²) >= 11 is 0. The van der Waals surface area contributed by atoms with E-state index in [0.29, 0.717) is 34.5 Å². The number of nitrogens with zero attached hydrogens (tertiary/aromatic N) is 4. The molecule has 0 radical (unpaired) electrons. The standard InChI is InChI=1S/C19H18N6O4/c1-27-13-6-10(5-11-8-23-19(21)24-17(11)20)12-7-14(29-15(12)16(13)28-2)18(26)25-4-3-22-9-25/h3-4,6-9H,5H2,1-2H3,(H4,20,21,23,24). The Morgan fingerprint density at radius 3 is 2.69 bits per heavy atom. The van der Waals surface area contributed by atoms with Crippen LogP contribution in [0.25, 0.3) is 11.0 Å². The van der Waals surface area contributed by atoms with Crippen LogP contribution in [0.2, 0.25) is 0 Å². The van der Waals surface area contributed by atoms with Crippen molar-refractivity contribution >= 4 is 28.6 Å². The third kappa shape index (κ3) is 3.20. The highest BCUT2D eigenvalue weighted by atomic mass is 16.5. The molecule has 0 bridgehead atoms. The van der Waals surface area contributed by atoms with Crippen molar-refractivity contribution in [1.82, 2.24) is 19.5 Å². The van der Waals surface area contributed by atoms with Gasteiger partial charge in [-0.25, -0.2) is 9.97 Å². The van der Waals surface area contributed by atoms with Crippen LogP contribution in [0.1, 0.15) is 21.7 Å². The van der Waals surface area contributed by atoms with E-state index >= 15 is 0 Å². The number of nitrogen functional groups attached to an aromatic ring is 2. The molecule has 3 aromatic heterocycles. The first kappa shape index (κ1) is 18.3. The van der Waals surface area contributed by atoms with Gasteiger partial charge in [0.05, 0.1) is 14.2 Å². The molecular formula is C19H18N6O4. The van der Waals surface area contributed by atoms with Crippen molar-refractivity contribution in [3.05, 3.63) is 53.9 Å². The lowest BCUT2D eigenvalue weighted by atomic mass is 10.0. The summed E-state index contributed by atoms with van der Waals surface area (Å²) in [4.78, 5) is 24.6. The van der Waals surface area contributed by atoms with Crippen molar-refractivity contribution in [3.8, 4) is 11.5 Å². The number of carbonyl (C=O) groups excluding carboxylic acids is 1. The minimum absolute atomic E-state index is 0.0974. The van der Waals surface area contributed by atoms with Crippen molar-refractivity contribution in [1.29, 1.82) is 0 Å². The van der Waals surface area contributed by atoms with Gasteiger partial charge < -0.3 is 25.4 Å². The fraction of sp³-hybridized carbons (Fsp3) is 0.158. The smallest absolute Gasteiger partial charge is 0.298 e. The maximum absolute atomic E-state index is 12.7. The third-order valence-electron chi connectivity index (χ3n) is 4.48. The van der Waals surface area contributed by atoms with Gasteiger partial charge in [-0.3, -0.25) is 9.36 Å². The van der Waals surface area contributed by atoms with Crippen LogP contribution in [-0.4, -0.2) is 39.6 Å². The summed E-state index contributed by atoms with van der Waals surface area (Å²) in [5.74, 6) is 0.991. The number of methoxy groups -OCH3 is 2. The summed E-state index contributed by atoms with van der Waals surface area (Å²) in [5, 5.41) is 0.683. The van der Waals surface area contributed by atoms with Gasteiger partial charge in [0.2, 0.25) is 11.7 Å². The molecule has 0 aliphatic heterocycles. The Labute approximate surface area is 165 Å². The first-order valence-electron chi connectivity index (χ1n) is 8.58. The number of nitrogens with two attached hydrogens (primary N) is 2. The Morgan fingerprint density at radius 1 is 1.21 bits per heavy atom. The molecule has 3 heterocycles. The van der Waals surface area contributed by atoms with Crippen molar-refractivity contribution in [2.45, 2.75) is 6.42 Å². The Hall–Kier alpha value is -4.08. The zero-order valence-corrected chi connectivity index (χ0v) is 15.7. The Morgan fingerprint density at radius 2 is 2.03 bits per heavy atom. The number of ether oxygens (including phenoxy) is 2. The molecule has 29 heavy (non-hydrogen) atoms. The first-order valence-corrected chi connectivity index (χ1v) is 8.58. The fourth-order valence-corrected chi connectivity index (χ4v) is 3.09. The van der Waals surface area contributed by atoms with Gasteiger partial charge in [0.25, 0.3) is 5.91 Å². The number of hydrogen-bond donors (Lipinski definition) is 2. The van der Waals surface area contributed by atoms with Crippen molar-refractivity contribution in [2.24, 2.45) is 0 Å². The molecule has 10 nitrogen and oxygen atoms in total. The highest BCUT2D eigenvalue weighted by Gasteiger charge is 2.22. The van der Waals surface area contributed by atoms with E-state index in [1.54, 1.807) is 24.5 Å². The molecule has 0 saturated heterocycles. The highest BCUT2D eigenvalue weighted by molar-refractivity contribution is 6.00. The molecule has 1 aromatic carbocycles. The SMILES string of the molecule is COc1cc(Cc2cnc(N)nc2N)c2cc(C(=O)n3ccnc3)oc2c1OC. The largest absolute Gasteiger partial charge is 0.493 e. The summed E-state index contributed by atoms with van der Waals surface area (Å²) in [6.07, 6.45) is 6.40. The van der Waals surface area contributed by atoms with Gasteiger partial charge >= 0.3 is 0 Å². The molecule has 4 N–H and O–H groups in total. The summed E-state index contributed by atoms with van der Waals surface area (Å²) in [7, 11) is 3.03. The van der Waals surface area contributed by atoms with E-state index in [-0.39, 0.29) is 23.4 Å². The van der Waals surface area contributed by atoms with Crippen LogP contribution in [0.15, 0.2) is 41.5 Å². The van der Waals surface area contributed by atoms with Gasteiger partial charge in [0, 0.05) is 36.0 Å². The maximum atomic E-state index is 12.7. The van der Waals surface area contributed by atoms with Gasteiger partial charge in [-0.1, -0.05) is 0 Å². The minimum atomic E-state index is -0.360. The molecule has 10 heteroatoms. The Bertz CT molecular complexity index is 1200. The molecule has 0 unspecified atom stereocenters. The van der Waals surface area contributed by atoms with E-state index in [9.17, 15) is 4.79 Å². The van der Waals surface area contributed by atoms with Gasteiger partial charge in [-0.2, -0.15) is 4.98 Å². The number of fused-ring (bicyclic) bond motifs is 1. The molecule has 0 fully saturated rings. The predicted molar refractivity (Wildman–Crippen MR) is 105 cm³/mol. The molecular weight excluding hydrogens is 376 g/mol. The van der Waals surface area contributed by atoms with Crippen LogP contribution >= 0.6 is 0 Å². The average molecular weight is 394 g/mol. The van der Waals surface area contributed by atoms with Gasteiger partial charge in [0.15, 0.2) is 17.1 Å². The molecule has 148 valence electrons. The lowest BCUT2D eigenvalue weighted by molar-refractivity contribution is 0.0934. The summed E-state index contributed by atoms with van der Waals surface area (Å²) < 4.78 is 18.1. The van der Waals surface area contributed by atoms with Crippen LogP contribution < -0.4 is 20.9 Å². The summed E-state index contributed by atoms with van der Waals surface area (Å²) in [5.41, 5.74) is 13.4.